The van der Waals surface area contributed by atoms with E-state index < -0.39 is 0 Å². The quantitative estimate of drug-likeness (QED) is 0.207. The van der Waals surface area contributed by atoms with Gasteiger partial charge in [-0.3, -0.25) is 0 Å². The zero-order valence-electron chi connectivity index (χ0n) is 20.2. The van der Waals surface area contributed by atoms with Crippen LogP contribution in [0.4, 0.5) is 0 Å². The van der Waals surface area contributed by atoms with Crippen LogP contribution in [0, 0.1) is 17.3 Å². The van der Waals surface area contributed by atoms with Crippen LogP contribution >= 0.6 is 11.8 Å². The molecule has 0 N–H and O–H groups in total. The molecule has 3 atom stereocenters. The van der Waals surface area contributed by atoms with Gasteiger partial charge in [0.05, 0.1) is 0 Å². The fraction of sp³-hybridized carbons (Fsp3) is 1.00. The fourth-order valence-electron chi connectivity index (χ4n) is 4.17. The predicted octanol–water partition coefficient (Wildman–Crippen LogP) is 9.91. The van der Waals surface area contributed by atoms with Crippen LogP contribution in [0.25, 0.3) is 0 Å². The maximum Gasteiger partial charge on any atom is 0.00498 e. The SMILES string of the molecule is CCCCCCCCC(C)CC(CC(CCCCC)SCCC)C(C)(C)C. The zero-order valence-corrected chi connectivity index (χ0v) is 21.1. The third kappa shape index (κ3) is 15.9. The molecule has 0 bridgehead atoms. The minimum Gasteiger partial charge on any atom is -0.159 e. The molecule has 0 aliphatic carbocycles. The van der Waals surface area contributed by atoms with Crippen molar-refractivity contribution in [3.8, 4) is 0 Å². The maximum atomic E-state index is 2.52. The Morgan fingerprint density at radius 3 is 1.81 bits per heavy atom. The van der Waals surface area contributed by atoms with Crippen molar-refractivity contribution < 1.29 is 0 Å². The third-order valence-electron chi connectivity index (χ3n) is 6.20. The molecule has 0 aliphatic rings. The smallest absolute Gasteiger partial charge is 0.00498 e. The van der Waals surface area contributed by atoms with Gasteiger partial charge in [-0.15, -0.1) is 0 Å². The Morgan fingerprint density at radius 2 is 1.22 bits per heavy atom. The van der Waals surface area contributed by atoms with Crippen LogP contribution in [0.1, 0.15) is 138 Å². The van der Waals surface area contributed by atoms with Crippen molar-refractivity contribution in [2.45, 2.75) is 144 Å². The van der Waals surface area contributed by atoms with Crippen LogP contribution in [0.5, 0.6) is 0 Å². The lowest BCUT2D eigenvalue weighted by atomic mass is 9.72. The zero-order chi connectivity index (χ0) is 20.5. The van der Waals surface area contributed by atoms with E-state index in [1.54, 1.807) is 0 Å². The van der Waals surface area contributed by atoms with E-state index in [9.17, 15) is 0 Å². The summed E-state index contributed by atoms with van der Waals surface area (Å²) in [6, 6.07) is 0. The number of hydrogen-bond acceptors (Lipinski definition) is 1. The van der Waals surface area contributed by atoms with E-state index in [1.807, 2.05) is 0 Å². The lowest BCUT2D eigenvalue weighted by Crippen LogP contribution is -2.26. The van der Waals surface area contributed by atoms with E-state index in [2.05, 4.69) is 60.2 Å². The van der Waals surface area contributed by atoms with Crippen LogP contribution in [0.3, 0.4) is 0 Å². The molecular weight excluding hydrogens is 344 g/mol. The van der Waals surface area contributed by atoms with E-state index in [1.165, 1.54) is 95.6 Å². The van der Waals surface area contributed by atoms with Crippen molar-refractivity contribution in [3.05, 3.63) is 0 Å². The number of rotatable bonds is 18. The first-order valence-corrected chi connectivity index (χ1v) is 13.5. The molecule has 0 radical (unpaired) electrons. The first-order valence-electron chi connectivity index (χ1n) is 12.5. The molecule has 0 saturated carbocycles. The second-order valence-electron chi connectivity index (χ2n) is 10.2. The van der Waals surface area contributed by atoms with Gasteiger partial charge < -0.3 is 0 Å². The third-order valence-corrected chi connectivity index (χ3v) is 7.74. The molecular formula is C26H54S. The first-order chi connectivity index (χ1) is 12.8. The standard InChI is InChI=1S/C26H54S/c1-8-11-13-14-15-17-18-23(4)21-24(26(5,6)7)22-25(27-20-10-3)19-16-12-9-2/h23-25H,8-22H2,1-7H3. The molecule has 0 spiro atoms. The second kappa shape index (κ2) is 17.2. The molecule has 164 valence electrons. The van der Waals surface area contributed by atoms with Crippen LogP contribution < -0.4 is 0 Å². The average Bonchev–Trinajstić information content (AvgIpc) is 2.61. The van der Waals surface area contributed by atoms with Crippen LogP contribution in [0.15, 0.2) is 0 Å². The number of unbranched alkanes of at least 4 members (excludes halogenated alkanes) is 7. The lowest BCUT2D eigenvalue weighted by molar-refractivity contribution is 0.180. The Morgan fingerprint density at radius 1 is 0.667 bits per heavy atom. The van der Waals surface area contributed by atoms with Crippen molar-refractivity contribution in [2.75, 3.05) is 5.75 Å². The van der Waals surface area contributed by atoms with Gasteiger partial charge >= 0.3 is 0 Å². The minimum atomic E-state index is 0.450. The second-order valence-corrected chi connectivity index (χ2v) is 11.6. The summed E-state index contributed by atoms with van der Waals surface area (Å²) in [6.45, 7) is 17.0. The molecule has 0 rings (SSSR count). The van der Waals surface area contributed by atoms with Gasteiger partial charge in [0.1, 0.15) is 0 Å². The molecule has 0 nitrogen and oxygen atoms in total. The van der Waals surface area contributed by atoms with Gasteiger partial charge in [-0.05, 0) is 48.7 Å². The largest absolute Gasteiger partial charge is 0.159 e. The summed E-state index contributed by atoms with van der Waals surface area (Å²) >= 11 is 2.27. The topological polar surface area (TPSA) is 0 Å². The van der Waals surface area contributed by atoms with E-state index in [0.29, 0.717) is 5.41 Å². The normalized spacial score (nSPS) is 15.7. The van der Waals surface area contributed by atoms with E-state index >= 15 is 0 Å². The molecule has 0 aromatic rings. The van der Waals surface area contributed by atoms with Gasteiger partial charge in [0.15, 0.2) is 0 Å². The summed E-state index contributed by atoms with van der Waals surface area (Å²) in [5.74, 6) is 3.12. The Balaban J connectivity index is 4.47. The molecule has 0 amide bonds. The predicted molar refractivity (Wildman–Crippen MR) is 130 cm³/mol. The van der Waals surface area contributed by atoms with Gasteiger partial charge in [-0.25, -0.2) is 0 Å². The highest BCUT2D eigenvalue weighted by Gasteiger charge is 2.28. The van der Waals surface area contributed by atoms with Crippen molar-refractivity contribution in [1.82, 2.24) is 0 Å². The lowest BCUT2D eigenvalue weighted by Gasteiger charge is -2.35. The van der Waals surface area contributed by atoms with Crippen LogP contribution in [-0.2, 0) is 0 Å². The number of thioether (sulfide) groups is 1. The monoisotopic (exact) mass is 398 g/mol. The summed E-state index contributed by atoms with van der Waals surface area (Å²) < 4.78 is 0. The maximum absolute atomic E-state index is 2.52. The van der Waals surface area contributed by atoms with Gasteiger partial charge in [-0.2, -0.15) is 11.8 Å². The van der Waals surface area contributed by atoms with Crippen molar-refractivity contribution >= 4 is 11.8 Å². The Labute approximate surface area is 178 Å². The molecule has 0 fully saturated rings. The molecule has 0 heterocycles. The molecule has 0 aromatic carbocycles. The summed E-state index contributed by atoms with van der Waals surface area (Å²) in [4.78, 5) is 0. The van der Waals surface area contributed by atoms with Crippen molar-refractivity contribution in [2.24, 2.45) is 17.3 Å². The first kappa shape index (κ1) is 27.4. The Kier molecular flexibility index (Phi) is 17.5. The summed E-state index contributed by atoms with van der Waals surface area (Å²) in [6.07, 6.45) is 19.9. The van der Waals surface area contributed by atoms with Gasteiger partial charge in [0.2, 0.25) is 0 Å². The van der Waals surface area contributed by atoms with E-state index in [0.717, 1.165) is 17.1 Å². The highest BCUT2D eigenvalue weighted by atomic mass is 32.2. The summed E-state index contributed by atoms with van der Waals surface area (Å²) in [5.41, 5.74) is 0.450. The van der Waals surface area contributed by atoms with Crippen LogP contribution in [0.2, 0.25) is 0 Å². The molecule has 0 aliphatic heterocycles. The summed E-state index contributed by atoms with van der Waals surface area (Å²) in [5, 5.41) is 0.891. The molecule has 1 heteroatoms. The molecule has 0 aromatic heterocycles. The summed E-state index contributed by atoms with van der Waals surface area (Å²) in [7, 11) is 0. The van der Waals surface area contributed by atoms with Gasteiger partial charge in [0.25, 0.3) is 0 Å². The van der Waals surface area contributed by atoms with Crippen molar-refractivity contribution in [1.29, 1.82) is 0 Å². The van der Waals surface area contributed by atoms with Gasteiger partial charge in [-0.1, -0.05) is 113 Å². The average molecular weight is 399 g/mol. The van der Waals surface area contributed by atoms with E-state index in [-0.39, 0.29) is 0 Å². The Hall–Kier alpha value is 0.350. The van der Waals surface area contributed by atoms with Crippen LogP contribution in [-0.4, -0.2) is 11.0 Å². The molecule has 27 heavy (non-hydrogen) atoms. The highest BCUT2D eigenvalue weighted by molar-refractivity contribution is 7.99. The fourth-order valence-corrected chi connectivity index (χ4v) is 5.44. The molecule has 0 saturated heterocycles. The Bertz CT molecular complexity index is 304. The highest BCUT2D eigenvalue weighted by Crippen LogP contribution is 2.39. The van der Waals surface area contributed by atoms with Gasteiger partial charge in [0, 0.05) is 5.25 Å². The molecule has 3 unspecified atom stereocenters. The number of hydrogen-bond donors (Lipinski definition) is 0. The van der Waals surface area contributed by atoms with Crippen molar-refractivity contribution in [3.63, 3.8) is 0 Å². The van der Waals surface area contributed by atoms with E-state index in [4.69, 9.17) is 0 Å². The minimum absolute atomic E-state index is 0.450.